The Bertz CT molecular complexity index is 728. The van der Waals surface area contributed by atoms with Crippen molar-refractivity contribution in [2.75, 3.05) is 39.9 Å². The number of alkyl halides is 2. The van der Waals surface area contributed by atoms with Crippen molar-refractivity contribution in [3.8, 4) is 0 Å². The molecule has 0 saturated carbocycles. The Balaban J connectivity index is 2.13. The number of nitrogens with zero attached hydrogens (tertiary/aromatic N) is 2. The highest BCUT2D eigenvalue weighted by atomic mass is 32.2. The third-order valence-corrected chi connectivity index (χ3v) is 6.30. The molecular weight excluding hydrogens is 385 g/mol. The van der Waals surface area contributed by atoms with Gasteiger partial charge in [-0.1, -0.05) is 0 Å². The molecule has 0 spiro atoms. The number of halogens is 3. The summed E-state index contributed by atoms with van der Waals surface area (Å²) in [4.78, 5) is 13.6. The highest BCUT2D eigenvalue weighted by molar-refractivity contribution is 7.89. The van der Waals surface area contributed by atoms with Crippen molar-refractivity contribution in [1.29, 1.82) is 0 Å². The van der Waals surface area contributed by atoms with Crippen LogP contribution in [0.15, 0.2) is 29.2 Å². The van der Waals surface area contributed by atoms with Gasteiger partial charge in [0, 0.05) is 26.7 Å². The molecule has 1 aliphatic heterocycles. The molecule has 0 aliphatic carbocycles. The van der Waals surface area contributed by atoms with Gasteiger partial charge < -0.3 is 9.64 Å². The lowest BCUT2D eigenvalue weighted by molar-refractivity contribution is -0.139. The second-order valence-corrected chi connectivity index (χ2v) is 8.26. The predicted octanol–water partition coefficient (Wildman–Crippen LogP) is 1.97. The van der Waals surface area contributed by atoms with E-state index in [4.69, 9.17) is 4.74 Å². The quantitative estimate of drug-likeness (QED) is 0.660. The van der Waals surface area contributed by atoms with Gasteiger partial charge in [0.2, 0.25) is 15.9 Å². The van der Waals surface area contributed by atoms with E-state index >= 15 is 0 Å². The molecule has 0 aromatic heterocycles. The van der Waals surface area contributed by atoms with Crippen LogP contribution in [0.1, 0.15) is 12.8 Å². The lowest BCUT2D eigenvalue weighted by atomic mass is 9.98. The van der Waals surface area contributed by atoms with E-state index in [9.17, 15) is 26.4 Å². The Kier molecular flexibility index (Phi) is 7.63. The van der Waals surface area contributed by atoms with Gasteiger partial charge >= 0.3 is 0 Å². The maximum Gasteiger partial charge on any atom is 0.255 e. The second kappa shape index (κ2) is 9.52. The van der Waals surface area contributed by atoms with E-state index in [2.05, 4.69) is 0 Å². The lowest BCUT2D eigenvalue weighted by Gasteiger charge is -2.34. The zero-order chi connectivity index (χ0) is 20.0. The van der Waals surface area contributed by atoms with Crippen LogP contribution in [0.4, 0.5) is 13.2 Å². The summed E-state index contributed by atoms with van der Waals surface area (Å²) in [5, 5.41) is 0. The molecule has 1 heterocycles. The third-order valence-electron chi connectivity index (χ3n) is 4.42. The molecular formula is C17H23F3N2O4S. The van der Waals surface area contributed by atoms with Crippen molar-refractivity contribution in [3.05, 3.63) is 30.1 Å². The van der Waals surface area contributed by atoms with Crippen LogP contribution in [-0.4, -0.2) is 69.9 Å². The second-order valence-electron chi connectivity index (χ2n) is 6.32. The number of piperidine rings is 1. The molecule has 1 fully saturated rings. The van der Waals surface area contributed by atoms with E-state index in [0.717, 1.165) is 33.5 Å². The number of sulfonamides is 1. The van der Waals surface area contributed by atoms with Crippen molar-refractivity contribution < 1.29 is 31.1 Å². The summed E-state index contributed by atoms with van der Waals surface area (Å²) < 4.78 is 70.1. The minimum absolute atomic E-state index is 0.0148. The number of amides is 1. The Morgan fingerprint density at radius 2 is 2.00 bits per heavy atom. The van der Waals surface area contributed by atoms with E-state index in [0.29, 0.717) is 12.8 Å². The maximum atomic E-state index is 13.0. The number of methoxy groups -OCH3 is 1. The highest BCUT2D eigenvalue weighted by Crippen LogP contribution is 2.25. The Morgan fingerprint density at radius 1 is 1.33 bits per heavy atom. The van der Waals surface area contributed by atoms with Crippen molar-refractivity contribution >= 4 is 15.9 Å². The number of benzene rings is 1. The topological polar surface area (TPSA) is 66.9 Å². The first kappa shape index (κ1) is 21.6. The van der Waals surface area contributed by atoms with Gasteiger partial charge in [-0.25, -0.2) is 21.6 Å². The summed E-state index contributed by atoms with van der Waals surface area (Å²) >= 11 is 0. The summed E-state index contributed by atoms with van der Waals surface area (Å²) in [6.07, 6.45) is -1.83. The average Bonchev–Trinajstić information content (AvgIpc) is 2.64. The smallest absolute Gasteiger partial charge is 0.255 e. The molecule has 1 atom stereocenters. The van der Waals surface area contributed by atoms with Crippen LogP contribution in [0.3, 0.4) is 0 Å². The number of hydrogen-bond donors (Lipinski definition) is 0. The summed E-state index contributed by atoms with van der Waals surface area (Å²) in [6, 6.07) is 4.43. The van der Waals surface area contributed by atoms with E-state index < -0.39 is 40.6 Å². The van der Waals surface area contributed by atoms with Gasteiger partial charge in [0.05, 0.1) is 24.0 Å². The predicted molar refractivity (Wildman–Crippen MR) is 92.3 cm³/mol. The van der Waals surface area contributed by atoms with Crippen LogP contribution in [0, 0.1) is 11.7 Å². The minimum atomic E-state index is -3.89. The summed E-state index contributed by atoms with van der Waals surface area (Å²) in [5.74, 6) is -1.77. The van der Waals surface area contributed by atoms with Crippen LogP contribution >= 0.6 is 0 Å². The molecule has 1 amide bonds. The monoisotopic (exact) mass is 408 g/mol. The van der Waals surface area contributed by atoms with E-state index in [1.807, 2.05) is 0 Å². The fourth-order valence-electron chi connectivity index (χ4n) is 3.04. The number of carbonyl (C=O) groups is 1. The zero-order valence-electron chi connectivity index (χ0n) is 15.0. The number of rotatable bonds is 8. The van der Waals surface area contributed by atoms with Crippen LogP contribution in [0.5, 0.6) is 0 Å². The van der Waals surface area contributed by atoms with Gasteiger partial charge in [0.15, 0.2) is 0 Å². The summed E-state index contributed by atoms with van der Waals surface area (Å²) in [6.45, 7) is -0.464. The highest BCUT2D eigenvalue weighted by Gasteiger charge is 2.35. The summed E-state index contributed by atoms with van der Waals surface area (Å²) in [7, 11) is -2.48. The average molecular weight is 408 g/mol. The molecule has 10 heteroatoms. The SMILES string of the molecule is COCCN(CC(F)F)C(=O)C1CCCN(S(=O)(=O)c2ccc(F)cc2)C1. The van der Waals surface area contributed by atoms with Crippen molar-refractivity contribution in [3.63, 3.8) is 0 Å². The summed E-state index contributed by atoms with van der Waals surface area (Å²) in [5.41, 5.74) is 0. The van der Waals surface area contributed by atoms with E-state index in [-0.39, 0.29) is 31.1 Å². The standard InChI is InChI=1S/C17H23F3N2O4S/c1-26-10-9-21(12-16(19)20)17(23)13-3-2-8-22(11-13)27(24,25)15-6-4-14(18)5-7-15/h4-7,13,16H,2-3,8-12H2,1H3. The van der Waals surface area contributed by atoms with Gasteiger partial charge in [0.25, 0.3) is 6.43 Å². The number of carbonyl (C=O) groups excluding carboxylic acids is 1. The Morgan fingerprint density at radius 3 is 2.59 bits per heavy atom. The van der Waals surface area contributed by atoms with Crippen LogP contribution in [0.25, 0.3) is 0 Å². The number of ether oxygens (including phenoxy) is 1. The van der Waals surface area contributed by atoms with Crippen LogP contribution < -0.4 is 0 Å². The van der Waals surface area contributed by atoms with Gasteiger partial charge in [-0.15, -0.1) is 0 Å². The Labute approximate surface area is 156 Å². The third kappa shape index (κ3) is 5.66. The van der Waals surface area contributed by atoms with Crippen LogP contribution in [0.2, 0.25) is 0 Å². The van der Waals surface area contributed by atoms with E-state index in [1.54, 1.807) is 0 Å². The molecule has 2 rings (SSSR count). The molecule has 0 bridgehead atoms. The van der Waals surface area contributed by atoms with E-state index in [1.165, 1.54) is 7.11 Å². The molecule has 6 nitrogen and oxygen atoms in total. The molecule has 1 aromatic rings. The first-order valence-electron chi connectivity index (χ1n) is 8.57. The minimum Gasteiger partial charge on any atom is -0.383 e. The molecule has 1 aromatic carbocycles. The molecule has 152 valence electrons. The van der Waals surface area contributed by atoms with Crippen molar-refractivity contribution in [2.45, 2.75) is 24.2 Å². The Hall–Kier alpha value is -1.65. The zero-order valence-corrected chi connectivity index (χ0v) is 15.8. The molecule has 1 saturated heterocycles. The molecule has 1 unspecified atom stereocenters. The van der Waals surface area contributed by atoms with Crippen LogP contribution in [-0.2, 0) is 19.6 Å². The van der Waals surface area contributed by atoms with Gasteiger partial charge in [-0.05, 0) is 37.1 Å². The largest absolute Gasteiger partial charge is 0.383 e. The number of hydrogen-bond acceptors (Lipinski definition) is 4. The first-order valence-corrected chi connectivity index (χ1v) is 10.0. The fourth-order valence-corrected chi connectivity index (χ4v) is 4.56. The molecule has 27 heavy (non-hydrogen) atoms. The van der Waals surface area contributed by atoms with Gasteiger partial charge in [-0.2, -0.15) is 4.31 Å². The van der Waals surface area contributed by atoms with Crippen molar-refractivity contribution in [2.24, 2.45) is 5.92 Å². The molecule has 0 radical (unpaired) electrons. The normalized spacial score (nSPS) is 18.6. The van der Waals surface area contributed by atoms with Gasteiger partial charge in [0.1, 0.15) is 5.82 Å². The maximum absolute atomic E-state index is 13.0. The lowest BCUT2D eigenvalue weighted by Crippen LogP contribution is -2.48. The first-order chi connectivity index (χ1) is 12.8. The van der Waals surface area contributed by atoms with Crippen molar-refractivity contribution in [1.82, 2.24) is 9.21 Å². The molecule has 0 N–H and O–H groups in total. The van der Waals surface area contributed by atoms with Gasteiger partial charge in [-0.3, -0.25) is 4.79 Å². The molecule has 1 aliphatic rings. The fraction of sp³-hybridized carbons (Fsp3) is 0.588.